The molecule has 0 N–H and O–H groups in total. The number of amides is 1. The third-order valence-corrected chi connectivity index (χ3v) is 3.36. The van der Waals surface area contributed by atoms with Gasteiger partial charge in [-0.25, -0.2) is 4.39 Å². The molecule has 3 nitrogen and oxygen atoms in total. The monoisotopic (exact) mass is 315 g/mol. The number of morpholine rings is 1. The average molecular weight is 316 g/mol. The number of rotatable bonds is 1. The molecular formula is C13H15BrFNO2. The van der Waals surface area contributed by atoms with Gasteiger partial charge in [-0.15, -0.1) is 0 Å². The zero-order valence-electron chi connectivity index (χ0n) is 10.3. The first-order chi connectivity index (χ1) is 8.47. The Hall–Kier alpha value is -0.940. The van der Waals surface area contributed by atoms with Gasteiger partial charge in [0.05, 0.1) is 17.8 Å². The van der Waals surface area contributed by atoms with Crippen LogP contribution in [0, 0.1) is 5.82 Å². The van der Waals surface area contributed by atoms with Crippen LogP contribution >= 0.6 is 15.9 Å². The van der Waals surface area contributed by atoms with Crippen molar-refractivity contribution in [3.8, 4) is 0 Å². The van der Waals surface area contributed by atoms with Gasteiger partial charge < -0.3 is 9.64 Å². The van der Waals surface area contributed by atoms with Gasteiger partial charge in [0.1, 0.15) is 5.82 Å². The molecule has 0 saturated carbocycles. The standard InChI is InChI=1S/C13H15BrFNO2/c1-8-6-16(7-9(2)18-8)13(17)11-5-10(14)3-4-12(11)15/h3-5,8-9H,6-7H2,1-2H3. The molecule has 1 aliphatic rings. The van der Waals surface area contributed by atoms with Crippen molar-refractivity contribution >= 4 is 21.8 Å². The predicted octanol–water partition coefficient (Wildman–Crippen LogP) is 2.84. The molecule has 98 valence electrons. The van der Waals surface area contributed by atoms with E-state index in [1.165, 1.54) is 12.1 Å². The number of nitrogens with zero attached hydrogens (tertiary/aromatic N) is 1. The van der Waals surface area contributed by atoms with Crippen molar-refractivity contribution in [2.24, 2.45) is 0 Å². The van der Waals surface area contributed by atoms with Gasteiger partial charge in [-0.1, -0.05) is 15.9 Å². The molecule has 0 bridgehead atoms. The van der Waals surface area contributed by atoms with Gasteiger partial charge in [0.2, 0.25) is 0 Å². The minimum absolute atomic E-state index is 0.0204. The topological polar surface area (TPSA) is 29.5 Å². The van der Waals surface area contributed by atoms with Gasteiger partial charge in [0.15, 0.2) is 0 Å². The molecule has 1 heterocycles. The Labute approximate surface area is 114 Å². The first kappa shape index (κ1) is 13.5. The molecule has 1 amide bonds. The van der Waals surface area contributed by atoms with Crippen LogP contribution in [0.4, 0.5) is 4.39 Å². The Balaban J connectivity index is 2.22. The number of halogens is 2. The highest BCUT2D eigenvalue weighted by Gasteiger charge is 2.27. The van der Waals surface area contributed by atoms with E-state index in [0.29, 0.717) is 17.6 Å². The quantitative estimate of drug-likeness (QED) is 0.797. The summed E-state index contributed by atoms with van der Waals surface area (Å²) < 4.78 is 19.9. The highest BCUT2D eigenvalue weighted by molar-refractivity contribution is 9.10. The number of benzene rings is 1. The van der Waals surface area contributed by atoms with Gasteiger partial charge in [-0.3, -0.25) is 4.79 Å². The van der Waals surface area contributed by atoms with Gasteiger partial charge in [0, 0.05) is 17.6 Å². The fourth-order valence-electron chi connectivity index (χ4n) is 2.18. The van der Waals surface area contributed by atoms with Gasteiger partial charge in [-0.05, 0) is 32.0 Å². The second kappa shape index (κ2) is 5.36. The van der Waals surface area contributed by atoms with Crippen LogP contribution in [0.25, 0.3) is 0 Å². The molecule has 0 spiro atoms. The summed E-state index contributed by atoms with van der Waals surface area (Å²) in [5.41, 5.74) is 0.102. The van der Waals surface area contributed by atoms with E-state index in [4.69, 9.17) is 4.74 Å². The Kier molecular flexibility index (Phi) is 4.02. The van der Waals surface area contributed by atoms with Crippen LogP contribution in [0.3, 0.4) is 0 Å². The summed E-state index contributed by atoms with van der Waals surface area (Å²) >= 11 is 3.25. The second-order valence-electron chi connectivity index (χ2n) is 4.59. The molecule has 18 heavy (non-hydrogen) atoms. The Morgan fingerprint density at radius 2 is 2.00 bits per heavy atom. The maximum Gasteiger partial charge on any atom is 0.257 e. The smallest absolute Gasteiger partial charge is 0.257 e. The van der Waals surface area contributed by atoms with Crippen LogP contribution in [0.2, 0.25) is 0 Å². The van der Waals surface area contributed by atoms with E-state index >= 15 is 0 Å². The number of ether oxygens (including phenoxy) is 1. The van der Waals surface area contributed by atoms with Crippen LogP contribution in [-0.2, 0) is 4.74 Å². The second-order valence-corrected chi connectivity index (χ2v) is 5.51. The minimum Gasteiger partial charge on any atom is -0.372 e. The molecule has 1 aromatic carbocycles. The molecule has 2 unspecified atom stereocenters. The fraction of sp³-hybridized carbons (Fsp3) is 0.462. The summed E-state index contributed by atoms with van der Waals surface area (Å²) in [4.78, 5) is 13.9. The average Bonchev–Trinajstić information content (AvgIpc) is 2.30. The van der Waals surface area contributed by atoms with Crippen molar-refractivity contribution in [2.45, 2.75) is 26.1 Å². The summed E-state index contributed by atoms with van der Waals surface area (Å²) in [7, 11) is 0. The number of carbonyl (C=O) groups excluding carboxylic acids is 1. The molecule has 2 rings (SSSR count). The van der Waals surface area contributed by atoms with Crippen molar-refractivity contribution in [2.75, 3.05) is 13.1 Å². The third-order valence-electron chi connectivity index (χ3n) is 2.87. The lowest BCUT2D eigenvalue weighted by atomic mass is 10.1. The zero-order chi connectivity index (χ0) is 13.3. The molecule has 2 atom stereocenters. The van der Waals surface area contributed by atoms with E-state index in [0.717, 1.165) is 0 Å². The van der Waals surface area contributed by atoms with Crippen molar-refractivity contribution in [3.05, 3.63) is 34.1 Å². The van der Waals surface area contributed by atoms with Gasteiger partial charge >= 0.3 is 0 Å². The van der Waals surface area contributed by atoms with Crippen molar-refractivity contribution in [1.82, 2.24) is 4.90 Å². The van der Waals surface area contributed by atoms with E-state index in [9.17, 15) is 9.18 Å². The normalized spacial score (nSPS) is 24.1. The van der Waals surface area contributed by atoms with Crippen molar-refractivity contribution < 1.29 is 13.9 Å². The minimum atomic E-state index is -0.491. The summed E-state index contributed by atoms with van der Waals surface area (Å²) in [5, 5.41) is 0. The molecule has 5 heteroatoms. The van der Waals surface area contributed by atoms with E-state index in [1.54, 1.807) is 11.0 Å². The van der Waals surface area contributed by atoms with Crippen molar-refractivity contribution in [1.29, 1.82) is 0 Å². The summed E-state index contributed by atoms with van der Waals surface area (Å²) in [6.07, 6.45) is -0.0409. The van der Waals surface area contributed by atoms with Crippen LogP contribution in [-0.4, -0.2) is 36.1 Å². The maximum atomic E-state index is 13.7. The van der Waals surface area contributed by atoms with E-state index < -0.39 is 5.82 Å². The number of carbonyl (C=O) groups is 1. The summed E-state index contributed by atoms with van der Waals surface area (Å²) in [6, 6.07) is 4.39. The highest BCUT2D eigenvalue weighted by atomic mass is 79.9. The van der Waals surface area contributed by atoms with Gasteiger partial charge in [0.25, 0.3) is 5.91 Å². The van der Waals surface area contributed by atoms with Crippen LogP contribution in [0.15, 0.2) is 22.7 Å². The third kappa shape index (κ3) is 2.90. The summed E-state index contributed by atoms with van der Waals surface area (Å²) in [5.74, 6) is -0.772. The highest BCUT2D eigenvalue weighted by Crippen LogP contribution is 2.19. The van der Waals surface area contributed by atoms with Crippen LogP contribution < -0.4 is 0 Å². The Morgan fingerprint density at radius 3 is 2.61 bits per heavy atom. The lowest BCUT2D eigenvalue weighted by molar-refractivity contribution is -0.0587. The molecule has 1 aromatic rings. The SMILES string of the molecule is CC1CN(C(=O)c2cc(Br)ccc2F)CC(C)O1. The lowest BCUT2D eigenvalue weighted by Crippen LogP contribution is -2.48. The van der Waals surface area contributed by atoms with E-state index in [2.05, 4.69) is 15.9 Å². The zero-order valence-corrected chi connectivity index (χ0v) is 11.9. The number of hydrogen-bond acceptors (Lipinski definition) is 2. The van der Waals surface area contributed by atoms with Crippen molar-refractivity contribution in [3.63, 3.8) is 0 Å². The molecule has 1 aliphatic heterocycles. The largest absolute Gasteiger partial charge is 0.372 e. The fourth-order valence-corrected chi connectivity index (χ4v) is 2.54. The van der Waals surface area contributed by atoms with E-state index in [-0.39, 0.29) is 23.7 Å². The predicted molar refractivity (Wildman–Crippen MR) is 70.0 cm³/mol. The molecule has 0 radical (unpaired) electrons. The lowest BCUT2D eigenvalue weighted by Gasteiger charge is -2.35. The van der Waals surface area contributed by atoms with E-state index in [1.807, 2.05) is 13.8 Å². The number of hydrogen-bond donors (Lipinski definition) is 0. The Bertz CT molecular complexity index is 456. The van der Waals surface area contributed by atoms with Crippen LogP contribution in [0.1, 0.15) is 24.2 Å². The molecular weight excluding hydrogens is 301 g/mol. The summed E-state index contributed by atoms with van der Waals surface area (Å²) in [6.45, 7) is 4.81. The molecule has 0 aliphatic carbocycles. The van der Waals surface area contributed by atoms with Gasteiger partial charge in [-0.2, -0.15) is 0 Å². The molecule has 0 aromatic heterocycles. The molecule has 1 saturated heterocycles. The Morgan fingerprint density at radius 1 is 1.39 bits per heavy atom. The van der Waals surface area contributed by atoms with Crippen LogP contribution in [0.5, 0.6) is 0 Å². The first-order valence-electron chi connectivity index (χ1n) is 5.87. The molecule has 1 fully saturated rings. The first-order valence-corrected chi connectivity index (χ1v) is 6.66. The maximum absolute atomic E-state index is 13.7.